The Hall–Kier alpha value is -2.55. The van der Waals surface area contributed by atoms with E-state index in [1.165, 1.54) is 12.8 Å². The predicted molar refractivity (Wildman–Crippen MR) is 89.7 cm³/mol. The Bertz CT molecular complexity index is 695. The largest absolute Gasteiger partial charge is 0.287 e. The molecule has 3 nitrogen and oxygen atoms in total. The highest BCUT2D eigenvalue weighted by atomic mass is 16.1. The van der Waals surface area contributed by atoms with Gasteiger partial charge in [-0.15, -0.1) is 5.10 Å². The third-order valence-corrected chi connectivity index (χ3v) is 3.77. The molecule has 22 heavy (non-hydrogen) atoms. The van der Waals surface area contributed by atoms with E-state index in [2.05, 4.69) is 10.2 Å². The van der Waals surface area contributed by atoms with Crippen LogP contribution in [0.3, 0.4) is 0 Å². The molecule has 0 unspecified atom stereocenters. The van der Waals surface area contributed by atoms with E-state index in [1.54, 1.807) is 0 Å². The number of benzene rings is 2. The quantitative estimate of drug-likeness (QED) is 0.470. The molecule has 1 aliphatic rings. The lowest BCUT2D eigenvalue weighted by atomic mass is 10.0. The molecule has 0 radical (unpaired) electrons. The summed E-state index contributed by atoms with van der Waals surface area (Å²) in [6, 6.07) is 18.8. The van der Waals surface area contributed by atoms with Crippen molar-refractivity contribution < 1.29 is 4.79 Å². The minimum atomic E-state index is -0.0888. The molecular weight excluding hydrogens is 272 g/mol. The van der Waals surface area contributed by atoms with Crippen molar-refractivity contribution >= 4 is 17.2 Å². The molecule has 0 bridgehead atoms. The van der Waals surface area contributed by atoms with Crippen LogP contribution in [0.15, 0.2) is 70.9 Å². The maximum absolute atomic E-state index is 12.8. The van der Waals surface area contributed by atoms with Crippen molar-refractivity contribution in [3.8, 4) is 0 Å². The van der Waals surface area contributed by atoms with E-state index < -0.39 is 0 Å². The first-order chi connectivity index (χ1) is 10.8. The van der Waals surface area contributed by atoms with Crippen LogP contribution in [-0.4, -0.2) is 17.2 Å². The van der Waals surface area contributed by atoms with Crippen LogP contribution in [0.4, 0.5) is 0 Å². The molecule has 0 N–H and O–H groups in total. The van der Waals surface area contributed by atoms with Gasteiger partial charge in [0.25, 0.3) is 0 Å². The predicted octanol–water partition coefficient (Wildman–Crippen LogP) is 4.29. The highest BCUT2D eigenvalue weighted by Gasteiger charge is 2.16. The van der Waals surface area contributed by atoms with Gasteiger partial charge in [-0.05, 0) is 25.7 Å². The minimum absolute atomic E-state index is 0.0888. The molecule has 110 valence electrons. The number of hydrogen-bond donors (Lipinski definition) is 0. The third-order valence-electron chi connectivity index (χ3n) is 3.77. The summed E-state index contributed by atoms with van der Waals surface area (Å²) in [7, 11) is 0. The van der Waals surface area contributed by atoms with Gasteiger partial charge >= 0.3 is 0 Å². The number of nitrogens with zero attached hydrogens (tertiary/aromatic N) is 2. The van der Waals surface area contributed by atoms with Gasteiger partial charge in [0.15, 0.2) is 0 Å². The zero-order valence-corrected chi connectivity index (χ0v) is 12.4. The van der Waals surface area contributed by atoms with E-state index in [1.807, 2.05) is 60.7 Å². The molecule has 3 heteroatoms. The summed E-state index contributed by atoms with van der Waals surface area (Å²) >= 11 is 0. The fourth-order valence-corrected chi connectivity index (χ4v) is 2.56. The van der Waals surface area contributed by atoms with Crippen molar-refractivity contribution in [3.05, 3.63) is 71.8 Å². The van der Waals surface area contributed by atoms with Crippen LogP contribution in [0, 0.1) is 0 Å². The molecule has 0 spiro atoms. The van der Waals surface area contributed by atoms with Crippen molar-refractivity contribution in [1.29, 1.82) is 0 Å². The van der Waals surface area contributed by atoms with Crippen LogP contribution in [0.1, 0.15) is 41.6 Å². The molecule has 3 rings (SSSR count). The first kappa shape index (κ1) is 14.4. The summed E-state index contributed by atoms with van der Waals surface area (Å²) in [5.41, 5.74) is 2.94. The molecule has 0 saturated heterocycles. The van der Waals surface area contributed by atoms with Crippen LogP contribution >= 0.6 is 0 Å². The van der Waals surface area contributed by atoms with Gasteiger partial charge in [0.2, 0.25) is 5.78 Å². The van der Waals surface area contributed by atoms with Crippen LogP contribution in [0.25, 0.3) is 0 Å². The number of Topliss-reactive ketones (excluding diaryl/α,β-unsaturated/α-hetero) is 1. The standard InChI is InChI=1S/C19H18N2O/c22-19(16-11-5-2-6-12-16)18(15-9-3-1-4-10-15)21-20-17-13-7-8-14-17/h1-6,9-12H,7-8,13-14H2/b21-18-. The summed E-state index contributed by atoms with van der Waals surface area (Å²) in [5, 5.41) is 8.64. The van der Waals surface area contributed by atoms with Crippen LogP contribution < -0.4 is 0 Å². The first-order valence-electron chi connectivity index (χ1n) is 7.63. The van der Waals surface area contributed by atoms with Crippen molar-refractivity contribution in [2.75, 3.05) is 0 Å². The highest BCUT2D eigenvalue weighted by Crippen LogP contribution is 2.16. The minimum Gasteiger partial charge on any atom is -0.287 e. The Balaban J connectivity index is 1.98. The Labute approximate surface area is 130 Å². The number of carbonyl (C=O) groups excluding carboxylic acids is 1. The topological polar surface area (TPSA) is 41.8 Å². The molecule has 0 atom stereocenters. The molecule has 0 aromatic heterocycles. The van der Waals surface area contributed by atoms with Crippen LogP contribution in [0.5, 0.6) is 0 Å². The SMILES string of the molecule is O=C(/C(=N\N=C1CCCC1)c1ccccc1)c1ccccc1. The van der Waals surface area contributed by atoms with Gasteiger partial charge in [-0.2, -0.15) is 5.10 Å². The lowest BCUT2D eigenvalue weighted by Crippen LogP contribution is -2.15. The average Bonchev–Trinajstić information content (AvgIpc) is 3.10. The van der Waals surface area contributed by atoms with E-state index in [0.717, 1.165) is 24.1 Å². The van der Waals surface area contributed by atoms with Gasteiger partial charge in [0.1, 0.15) is 5.71 Å². The Morgan fingerprint density at radius 3 is 1.91 bits per heavy atom. The Kier molecular flexibility index (Phi) is 4.54. The van der Waals surface area contributed by atoms with E-state index in [-0.39, 0.29) is 5.78 Å². The summed E-state index contributed by atoms with van der Waals surface area (Å²) in [4.78, 5) is 12.8. The molecule has 1 saturated carbocycles. The van der Waals surface area contributed by atoms with Gasteiger partial charge < -0.3 is 0 Å². The highest BCUT2D eigenvalue weighted by molar-refractivity contribution is 6.51. The fraction of sp³-hybridized carbons (Fsp3) is 0.211. The van der Waals surface area contributed by atoms with Crippen molar-refractivity contribution in [2.45, 2.75) is 25.7 Å². The lowest BCUT2D eigenvalue weighted by molar-refractivity contribution is 0.106. The summed E-state index contributed by atoms with van der Waals surface area (Å²) in [6.45, 7) is 0. The zero-order chi connectivity index (χ0) is 15.2. The summed E-state index contributed by atoms with van der Waals surface area (Å²) in [5.74, 6) is -0.0888. The van der Waals surface area contributed by atoms with Crippen molar-refractivity contribution in [1.82, 2.24) is 0 Å². The number of carbonyl (C=O) groups is 1. The number of hydrogen-bond acceptors (Lipinski definition) is 3. The van der Waals surface area contributed by atoms with Gasteiger partial charge in [-0.1, -0.05) is 60.7 Å². The van der Waals surface area contributed by atoms with Crippen molar-refractivity contribution in [3.63, 3.8) is 0 Å². The molecule has 1 aliphatic carbocycles. The average molecular weight is 290 g/mol. The van der Waals surface area contributed by atoms with Gasteiger partial charge in [0.05, 0.1) is 0 Å². The molecular formula is C19H18N2O. The second-order valence-electron chi connectivity index (χ2n) is 5.38. The molecule has 2 aromatic rings. The summed E-state index contributed by atoms with van der Waals surface area (Å²) in [6.07, 6.45) is 4.32. The fourth-order valence-electron chi connectivity index (χ4n) is 2.56. The molecule has 0 heterocycles. The van der Waals surface area contributed by atoms with E-state index in [4.69, 9.17) is 0 Å². The zero-order valence-electron chi connectivity index (χ0n) is 12.4. The maximum atomic E-state index is 12.8. The smallest absolute Gasteiger partial charge is 0.213 e. The number of ketones is 1. The molecule has 0 amide bonds. The first-order valence-corrected chi connectivity index (χ1v) is 7.63. The van der Waals surface area contributed by atoms with Crippen LogP contribution in [-0.2, 0) is 0 Å². The Morgan fingerprint density at radius 2 is 1.32 bits per heavy atom. The molecule has 1 fully saturated rings. The summed E-state index contributed by atoms with van der Waals surface area (Å²) < 4.78 is 0. The third kappa shape index (κ3) is 3.37. The second-order valence-corrected chi connectivity index (χ2v) is 5.38. The van der Waals surface area contributed by atoms with E-state index >= 15 is 0 Å². The van der Waals surface area contributed by atoms with E-state index in [0.29, 0.717) is 11.3 Å². The monoisotopic (exact) mass is 290 g/mol. The van der Waals surface area contributed by atoms with E-state index in [9.17, 15) is 4.79 Å². The van der Waals surface area contributed by atoms with Crippen molar-refractivity contribution in [2.24, 2.45) is 10.2 Å². The van der Waals surface area contributed by atoms with Crippen LogP contribution in [0.2, 0.25) is 0 Å². The van der Waals surface area contributed by atoms with Gasteiger partial charge in [0, 0.05) is 16.8 Å². The second kappa shape index (κ2) is 6.94. The lowest BCUT2D eigenvalue weighted by Gasteiger charge is -2.05. The Morgan fingerprint density at radius 1 is 0.773 bits per heavy atom. The maximum Gasteiger partial charge on any atom is 0.213 e. The van der Waals surface area contributed by atoms with Gasteiger partial charge in [-0.25, -0.2) is 0 Å². The molecule has 0 aliphatic heterocycles. The van der Waals surface area contributed by atoms with Gasteiger partial charge in [-0.3, -0.25) is 4.79 Å². The molecule has 2 aromatic carbocycles. The number of rotatable bonds is 4. The normalized spacial score (nSPS) is 14.9.